The van der Waals surface area contributed by atoms with Gasteiger partial charge < -0.3 is 0 Å². The minimum atomic E-state index is 0.537. The lowest BCUT2D eigenvalue weighted by atomic mass is 12.0. The van der Waals surface area contributed by atoms with Gasteiger partial charge in [-0.25, -0.2) is 0 Å². The summed E-state index contributed by atoms with van der Waals surface area (Å²) in [4.78, 5) is 0. The lowest BCUT2D eigenvalue weighted by Crippen LogP contribution is -1.36. The summed E-state index contributed by atoms with van der Waals surface area (Å²) in [5.41, 5.74) is 0. The summed E-state index contributed by atoms with van der Waals surface area (Å²) in [6.07, 6.45) is 1.27. The molecule has 4 atom stereocenters. The highest BCUT2D eigenvalue weighted by atomic mass is 32.9. The van der Waals surface area contributed by atoms with Gasteiger partial charge in [0, 0.05) is 0 Å². The molecule has 82 valence electrons. The fourth-order valence-electron chi connectivity index (χ4n) is 1.68. The van der Waals surface area contributed by atoms with Crippen LogP contribution in [0.1, 0.15) is 0 Å². The van der Waals surface area contributed by atoms with Crippen molar-refractivity contribution in [3.63, 3.8) is 0 Å². The minimum absolute atomic E-state index is 0.537. The normalized spacial score (nSPS) is 21.9. The quantitative estimate of drug-likeness (QED) is 0.454. The predicted octanol–water partition coefficient (Wildman–Crippen LogP) is 8.24. The van der Waals surface area contributed by atoms with Crippen LogP contribution in [-0.2, 0) is 40.0 Å². The van der Waals surface area contributed by atoms with Gasteiger partial charge in [-0.3, -0.25) is 0 Å². The number of hydrogen-bond donors (Lipinski definition) is 0. The lowest BCUT2D eigenvalue weighted by molar-refractivity contribution is 2.13. The number of hydrogen-bond acceptors (Lipinski definition) is 0. The molecule has 0 aromatic carbocycles. The topological polar surface area (TPSA) is 0 Å². The van der Waals surface area contributed by atoms with Crippen LogP contribution in [0.5, 0.6) is 0 Å². The summed E-state index contributed by atoms with van der Waals surface area (Å²) in [5, 5.41) is 0. The van der Waals surface area contributed by atoms with Crippen LogP contribution in [0.2, 0.25) is 0 Å². The van der Waals surface area contributed by atoms with Gasteiger partial charge in [0.25, 0.3) is 0 Å². The molecule has 0 aliphatic carbocycles. The largest absolute Gasteiger partial charge is 0.0787 e. The van der Waals surface area contributed by atoms with Gasteiger partial charge >= 0.3 is 0 Å². The molecule has 8 heteroatoms. The molecule has 0 amide bonds. The van der Waals surface area contributed by atoms with Gasteiger partial charge in [0.1, 0.15) is 0 Å². The second-order valence-corrected chi connectivity index (χ2v) is 50.6. The number of aryl methyl sites for hydroxylation is 4. The molecular weight excluding hydrogens is 320 g/mol. The van der Waals surface area contributed by atoms with E-state index in [-0.39, 0.29) is 0 Å². The third kappa shape index (κ3) is 1.75. The van der Waals surface area contributed by atoms with Gasteiger partial charge in [-0.15, -0.1) is 0 Å². The standard InChI is InChI=1S/C6H18P8/c1-7-9(3)13-11(5)8(2)12(6)14(13)10(7)4/h1-6H3. The molecule has 2 aromatic heterocycles. The minimum Gasteiger partial charge on any atom is -0.0787 e. The molecule has 2 heterocycles. The van der Waals surface area contributed by atoms with Gasteiger partial charge in [0.15, 0.2) is 0 Å². The van der Waals surface area contributed by atoms with Crippen LogP contribution in [0.25, 0.3) is 0 Å². The number of rotatable bonds is 0. The first kappa shape index (κ1) is 12.8. The van der Waals surface area contributed by atoms with E-state index in [2.05, 4.69) is 40.0 Å². The Labute approximate surface area is 93.9 Å². The zero-order valence-electron chi connectivity index (χ0n) is 9.58. The van der Waals surface area contributed by atoms with E-state index in [0.717, 1.165) is 0 Å². The van der Waals surface area contributed by atoms with E-state index >= 15 is 0 Å². The average molecular weight is 338 g/mol. The van der Waals surface area contributed by atoms with Crippen molar-refractivity contribution in [2.75, 3.05) is 0 Å². The van der Waals surface area contributed by atoms with E-state index in [1.54, 1.807) is 0 Å². The van der Waals surface area contributed by atoms with E-state index in [9.17, 15) is 0 Å². The summed E-state index contributed by atoms with van der Waals surface area (Å²) >= 11 is 0. The van der Waals surface area contributed by atoms with E-state index in [4.69, 9.17) is 0 Å². The Morgan fingerprint density at radius 1 is 0.357 bits per heavy atom. The molecular formula is C6H18P8. The van der Waals surface area contributed by atoms with Crippen LogP contribution < -0.4 is 0 Å². The second-order valence-electron chi connectivity index (χ2n) is 3.47. The Bertz CT molecular complexity index is 431. The van der Waals surface area contributed by atoms with Crippen molar-refractivity contribution in [3.05, 3.63) is 0 Å². The molecule has 0 aliphatic heterocycles. The van der Waals surface area contributed by atoms with Crippen molar-refractivity contribution >= 4 is 54.1 Å². The molecule has 0 nitrogen and oxygen atoms in total. The Kier molecular flexibility index (Phi) is 4.20. The summed E-state index contributed by atoms with van der Waals surface area (Å²) in [7, 11) is 0. The number of fused-ring (bicyclic) bond motifs is 1. The third-order valence-corrected chi connectivity index (χ3v) is 97.7. The first-order valence-electron chi connectivity index (χ1n) is 4.48. The third-order valence-electron chi connectivity index (χ3n) is 2.87. The molecule has 0 bridgehead atoms. The molecule has 0 N–H and O–H groups in total. The highest BCUT2D eigenvalue weighted by molar-refractivity contribution is 8.93. The van der Waals surface area contributed by atoms with Crippen molar-refractivity contribution in [1.29, 1.82) is 0 Å². The molecule has 4 unspecified atom stereocenters. The van der Waals surface area contributed by atoms with Crippen LogP contribution in [-0.4, -0.2) is 0 Å². The van der Waals surface area contributed by atoms with Crippen LogP contribution in [0, 0.1) is 0 Å². The van der Waals surface area contributed by atoms with Gasteiger partial charge in [-0.05, 0) is 52.7 Å². The predicted molar refractivity (Wildman–Crippen MR) is 88.9 cm³/mol. The zero-order valence-corrected chi connectivity index (χ0v) is 16.7. The van der Waals surface area contributed by atoms with Crippen LogP contribution in [0.15, 0.2) is 0 Å². The zero-order chi connectivity index (χ0) is 10.6. The van der Waals surface area contributed by atoms with Crippen molar-refractivity contribution in [2.24, 2.45) is 40.0 Å². The highest BCUT2D eigenvalue weighted by Crippen LogP contribution is 2.97. The lowest BCUT2D eigenvalue weighted by Gasteiger charge is -2.00. The Hall–Kier alpha value is 2.40. The average Bonchev–Trinajstić information content (AvgIpc) is 2.51. The smallest absolute Gasteiger partial charge is 0.0177 e. The molecule has 0 saturated heterocycles. The monoisotopic (exact) mass is 338 g/mol. The molecule has 2 rings (SSSR count). The van der Waals surface area contributed by atoms with Crippen LogP contribution in [0.4, 0.5) is 0 Å². The summed E-state index contributed by atoms with van der Waals surface area (Å²) in [6, 6.07) is 0. The summed E-state index contributed by atoms with van der Waals surface area (Å²) < 4.78 is 0. The highest BCUT2D eigenvalue weighted by Gasteiger charge is 2.15. The first-order chi connectivity index (χ1) is 6.46. The summed E-state index contributed by atoms with van der Waals surface area (Å²) in [6.45, 7) is 19.3. The first-order valence-corrected chi connectivity index (χ1v) is 24.2. The fraction of sp³-hybridized carbons (Fsp3) is 1.00. The Morgan fingerprint density at radius 2 is 0.571 bits per heavy atom. The van der Waals surface area contributed by atoms with Crippen molar-refractivity contribution in [3.8, 4) is 0 Å². The van der Waals surface area contributed by atoms with Crippen LogP contribution >= 0.6 is 54.1 Å². The van der Waals surface area contributed by atoms with Crippen molar-refractivity contribution in [2.45, 2.75) is 0 Å². The molecule has 0 fully saturated rings. The maximum atomic E-state index is 2.68. The van der Waals surface area contributed by atoms with E-state index in [0.29, 0.717) is 54.1 Å². The molecule has 0 saturated carbocycles. The maximum Gasteiger partial charge on any atom is -0.0177 e. The molecule has 0 aliphatic rings. The van der Waals surface area contributed by atoms with Gasteiger partial charge in [-0.1, -0.05) is 41.3 Å². The van der Waals surface area contributed by atoms with Crippen LogP contribution in [0.3, 0.4) is 0 Å². The van der Waals surface area contributed by atoms with Gasteiger partial charge in [0.05, 0.1) is 0 Å². The van der Waals surface area contributed by atoms with E-state index in [1.165, 1.54) is 0 Å². The Balaban J connectivity index is 3.08. The fourth-order valence-corrected chi connectivity index (χ4v) is 174. The second kappa shape index (κ2) is 4.58. The SMILES string of the molecule is Cp1p(C)p2p(C)p(C)p(C)p2p1C. The van der Waals surface area contributed by atoms with Crippen molar-refractivity contribution < 1.29 is 0 Å². The Morgan fingerprint density at radius 3 is 0.786 bits per heavy atom. The molecule has 14 heavy (non-hydrogen) atoms. The molecule has 0 spiro atoms. The van der Waals surface area contributed by atoms with Gasteiger partial charge in [-0.2, -0.15) is 0 Å². The molecule has 2 aromatic rings. The molecule has 0 radical (unpaired) electrons. The van der Waals surface area contributed by atoms with Crippen molar-refractivity contribution in [1.82, 2.24) is 0 Å². The van der Waals surface area contributed by atoms with E-state index < -0.39 is 0 Å². The maximum absolute atomic E-state index is 2.68. The summed E-state index contributed by atoms with van der Waals surface area (Å²) in [5.74, 6) is 0. The van der Waals surface area contributed by atoms with Gasteiger partial charge in [0.2, 0.25) is 0 Å². The van der Waals surface area contributed by atoms with E-state index in [1.807, 2.05) is 0 Å².